The number of amides is 1. The van der Waals surface area contributed by atoms with Gasteiger partial charge in [0.15, 0.2) is 5.75 Å². The van der Waals surface area contributed by atoms with Gasteiger partial charge < -0.3 is 24.8 Å². The molecule has 2 aromatic carbocycles. The minimum absolute atomic E-state index is 0.00564. The zero-order valence-electron chi connectivity index (χ0n) is 17.6. The highest BCUT2D eigenvalue weighted by Crippen LogP contribution is 2.32. The minimum Gasteiger partial charge on any atom is -0.465 e. The maximum atomic E-state index is 11.8. The van der Waals surface area contributed by atoms with Gasteiger partial charge in [-0.2, -0.15) is 0 Å². The van der Waals surface area contributed by atoms with Crippen molar-refractivity contribution in [3.05, 3.63) is 53.1 Å². The number of anilines is 1. The van der Waals surface area contributed by atoms with Crippen molar-refractivity contribution in [3.63, 3.8) is 0 Å². The van der Waals surface area contributed by atoms with Gasteiger partial charge in [-0.1, -0.05) is 23.7 Å². The number of ether oxygens (including phenoxy) is 3. The summed E-state index contributed by atoms with van der Waals surface area (Å²) in [6, 6.07) is 12.3. The Kier molecular flexibility index (Phi) is 8.35. The van der Waals surface area contributed by atoms with E-state index in [0.717, 1.165) is 5.56 Å². The Labute approximate surface area is 181 Å². The summed E-state index contributed by atoms with van der Waals surface area (Å²) < 4.78 is 16.1. The number of carbonyl (C=O) groups is 2. The molecular formula is C22H27ClN2O5. The Morgan fingerprint density at radius 3 is 2.57 bits per heavy atom. The SMILES string of the molecule is CCOC(=O)CNc1ccc(Cl)cc1Oc1cccc(CNC(=O)OC(C)(C)C)c1. The molecule has 0 aromatic heterocycles. The normalized spacial score (nSPS) is 10.8. The predicted octanol–water partition coefficient (Wildman–Crippen LogP) is 5.13. The van der Waals surface area contributed by atoms with E-state index in [2.05, 4.69) is 10.6 Å². The van der Waals surface area contributed by atoms with Crippen LogP contribution < -0.4 is 15.4 Å². The second-order valence-electron chi connectivity index (χ2n) is 7.40. The molecule has 30 heavy (non-hydrogen) atoms. The van der Waals surface area contributed by atoms with Crippen molar-refractivity contribution in [2.24, 2.45) is 0 Å². The van der Waals surface area contributed by atoms with Crippen molar-refractivity contribution in [1.29, 1.82) is 0 Å². The fourth-order valence-electron chi connectivity index (χ4n) is 2.44. The number of hydrogen-bond acceptors (Lipinski definition) is 6. The molecule has 7 nitrogen and oxygen atoms in total. The van der Waals surface area contributed by atoms with Gasteiger partial charge in [-0.05, 0) is 57.5 Å². The van der Waals surface area contributed by atoms with Gasteiger partial charge in [-0.3, -0.25) is 4.79 Å². The van der Waals surface area contributed by atoms with Gasteiger partial charge in [-0.15, -0.1) is 0 Å². The van der Waals surface area contributed by atoms with Crippen molar-refractivity contribution in [2.45, 2.75) is 39.8 Å². The van der Waals surface area contributed by atoms with E-state index in [1.54, 1.807) is 58.0 Å². The molecule has 0 unspecified atom stereocenters. The summed E-state index contributed by atoms with van der Waals surface area (Å²) in [4.78, 5) is 23.5. The van der Waals surface area contributed by atoms with Crippen molar-refractivity contribution in [1.82, 2.24) is 5.32 Å². The first-order valence-corrected chi connectivity index (χ1v) is 9.97. The first-order chi connectivity index (χ1) is 14.2. The number of alkyl carbamates (subject to hydrolysis) is 1. The zero-order chi connectivity index (χ0) is 22.1. The molecule has 2 rings (SSSR count). The van der Waals surface area contributed by atoms with E-state index in [0.29, 0.717) is 28.8 Å². The van der Waals surface area contributed by atoms with E-state index in [4.69, 9.17) is 25.8 Å². The van der Waals surface area contributed by atoms with Crippen LogP contribution in [0.2, 0.25) is 5.02 Å². The molecule has 1 amide bonds. The molecule has 162 valence electrons. The summed E-state index contributed by atoms with van der Waals surface area (Å²) in [5, 5.41) is 6.20. The Morgan fingerprint density at radius 1 is 1.10 bits per heavy atom. The average molecular weight is 435 g/mol. The zero-order valence-corrected chi connectivity index (χ0v) is 18.3. The Bertz CT molecular complexity index is 880. The molecule has 0 radical (unpaired) electrons. The van der Waals surface area contributed by atoms with Crippen LogP contribution in [0.1, 0.15) is 33.3 Å². The number of hydrogen-bond donors (Lipinski definition) is 2. The molecule has 2 aromatic rings. The van der Waals surface area contributed by atoms with Crippen molar-refractivity contribution in [2.75, 3.05) is 18.5 Å². The third kappa shape index (κ3) is 8.21. The molecule has 0 aliphatic carbocycles. The van der Waals surface area contributed by atoms with Crippen LogP contribution in [0.15, 0.2) is 42.5 Å². The molecule has 0 aliphatic heterocycles. The number of carbonyl (C=O) groups excluding carboxylic acids is 2. The van der Waals surface area contributed by atoms with Crippen LogP contribution >= 0.6 is 11.6 Å². The van der Waals surface area contributed by atoms with Gasteiger partial charge in [0.1, 0.15) is 17.9 Å². The van der Waals surface area contributed by atoms with Crippen molar-refractivity contribution >= 4 is 29.4 Å². The van der Waals surface area contributed by atoms with E-state index in [-0.39, 0.29) is 19.1 Å². The highest BCUT2D eigenvalue weighted by molar-refractivity contribution is 6.30. The van der Waals surface area contributed by atoms with Gasteiger partial charge >= 0.3 is 12.1 Å². The third-order valence-electron chi connectivity index (χ3n) is 3.63. The Morgan fingerprint density at radius 2 is 1.87 bits per heavy atom. The fraction of sp³-hybridized carbons (Fsp3) is 0.364. The van der Waals surface area contributed by atoms with E-state index >= 15 is 0 Å². The van der Waals surface area contributed by atoms with E-state index < -0.39 is 11.7 Å². The van der Waals surface area contributed by atoms with E-state index in [9.17, 15) is 9.59 Å². The Hall–Kier alpha value is -2.93. The number of nitrogens with one attached hydrogen (secondary N) is 2. The number of esters is 1. The fourth-order valence-corrected chi connectivity index (χ4v) is 2.60. The van der Waals surface area contributed by atoms with Gasteiger partial charge in [0.2, 0.25) is 0 Å². The van der Waals surface area contributed by atoms with Crippen LogP contribution in [0.25, 0.3) is 0 Å². The van der Waals surface area contributed by atoms with E-state index in [1.807, 2.05) is 12.1 Å². The maximum Gasteiger partial charge on any atom is 0.407 e. The van der Waals surface area contributed by atoms with Gasteiger partial charge in [0.25, 0.3) is 0 Å². The molecule has 8 heteroatoms. The summed E-state index contributed by atoms with van der Waals surface area (Å²) in [6.07, 6.45) is -0.492. The Balaban J connectivity index is 2.05. The van der Waals surface area contributed by atoms with Crippen molar-refractivity contribution < 1.29 is 23.8 Å². The van der Waals surface area contributed by atoms with E-state index in [1.165, 1.54) is 0 Å². The number of halogens is 1. The first-order valence-electron chi connectivity index (χ1n) is 9.59. The third-order valence-corrected chi connectivity index (χ3v) is 3.87. The summed E-state index contributed by atoms with van der Waals surface area (Å²) >= 11 is 6.10. The molecule has 0 aliphatic rings. The van der Waals surface area contributed by atoms with Crippen molar-refractivity contribution in [3.8, 4) is 11.5 Å². The smallest absolute Gasteiger partial charge is 0.407 e. The van der Waals surface area contributed by atoms with Crippen LogP contribution in [-0.2, 0) is 20.8 Å². The lowest BCUT2D eigenvalue weighted by atomic mass is 10.2. The second kappa shape index (κ2) is 10.7. The van der Waals surface area contributed by atoms with Gasteiger partial charge in [-0.25, -0.2) is 4.79 Å². The predicted molar refractivity (Wildman–Crippen MR) is 116 cm³/mol. The second-order valence-corrected chi connectivity index (χ2v) is 7.84. The lowest BCUT2D eigenvalue weighted by Gasteiger charge is -2.19. The standard InChI is InChI=1S/C22H27ClN2O5/c1-5-28-20(26)14-24-18-10-9-16(23)12-19(18)29-17-8-6-7-15(11-17)13-25-21(27)30-22(2,3)4/h6-12,24H,5,13-14H2,1-4H3,(H,25,27). The molecule has 0 bridgehead atoms. The number of rotatable bonds is 8. The highest BCUT2D eigenvalue weighted by atomic mass is 35.5. The molecule has 0 saturated carbocycles. The van der Waals surface area contributed by atoms with Gasteiger partial charge in [0, 0.05) is 17.6 Å². The summed E-state index contributed by atoms with van der Waals surface area (Å²) in [7, 11) is 0. The molecule has 0 fully saturated rings. The van der Waals surface area contributed by atoms with Gasteiger partial charge in [0.05, 0.1) is 12.3 Å². The lowest BCUT2D eigenvalue weighted by molar-refractivity contribution is -0.140. The molecule has 0 spiro atoms. The maximum absolute atomic E-state index is 11.8. The lowest BCUT2D eigenvalue weighted by Crippen LogP contribution is -2.32. The summed E-state index contributed by atoms with van der Waals surface area (Å²) in [5.41, 5.74) is 0.875. The molecule has 0 heterocycles. The van der Waals surface area contributed by atoms with Crippen LogP contribution in [0.3, 0.4) is 0 Å². The molecule has 0 saturated heterocycles. The monoisotopic (exact) mass is 434 g/mol. The van der Waals surface area contributed by atoms with Crippen LogP contribution in [0.4, 0.5) is 10.5 Å². The molecule has 0 atom stereocenters. The first kappa shape index (κ1) is 23.3. The largest absolute Gasteiger partial charge is 0.465 e. The summed E-state index contributed by atoms with van der Waals surface area (Å²) in [6.45, 7) is 7.77. The number of benzene rings is 2. The van der Waals surface area contributed by atoms with Crippen LogP contribution in [0, 0.1) is 0 Å². The quantitative estimate of drug-likeness (QED) is 0.560. The molecular weight excluding hydrogens is 408 g/mol. The van der Waals surface area contributed by atoms with Crippen LogP contribution in [-0.4, -0.2) is 30.8 Å². The molecule has 2 N–H and O–H groups in total. The topological polar surface area (TPSA) is 85.9 Å². The average Bonchev–Trinajstić information content (AvgIpc) is 2.65. The minimum atomic E-state index is -0.561. The highest BCUT2D eigenvalue weighted by Gasteiger charge is 2.16. The summed E-state index contributed by atoms with van der Waals surface area (Å²) in [5.74, 6) is 0.651. The van der Waals surface area contributed by atoms with Crippen LogP contribution in [0.5, 0.6) is 11.5 Å².